The lowest BCUT2D eigenvalue weighted by Crippen LogP contribution is -2.37. The molecule has 1 amide bonds. The molecule has 29 heavy (non-hydrogen) atoms. The van der Waals surface area contributed by atoms with Crippen molar-refractivity contribution in [3.8, 4) is 11.5 Å². The maximum Gasteiger partial charge on any atom is 0.328 e. The van der Waals surface area contributed by atoms with Crippen molar-refractivity contribution >= 4 is 16.8 Å². The Morgan fingerprint density at radius 1 is 1.17 bits per heavy atom. The number of rotatable bonds is 4. The molecule has 0 unspecified atom stereocenters. The van der Waals surface area contributed by atoms with E-state index >= 15 is 0 Å². The van der Waals surface area contributed by atoms with E-state index in [0.29, 0.717) is 22.4 Å². The average Bonchev–Trinajstić information content (AvgIpc) is 3.33. The Morgan fingerprint density at radius 2 is 1.97 bits per heavy atom. The number of carbonyl (C=O) groups excluding carboxylic acids is 1. The highest BCUT2D eigenvalue weighted by atomic mass is 16.7. The van der Waals surface area contributed by atoms with Gasteiger partial charge in [0.1, 0.15) is 0 Å². The Bertz CT molecular complexity index is 1240. The van der Waals surface area contributed by atoms with Crippen molar-refractivity contribution in [3.63, 3.8) is 0 Å². The molecule has 8 nitrogen and oxygen atoms in total. The van der Waals surface area contributed by atoms with Gasteiger partial charge in [0.25, 0.3) is 5.56 Å². The summed E-state index contributed by atoms with van der Waals surface area (Å²) in [5, 5.41) is 3.33. The summed E-state index contributed by atoms with van der Waals surface area (Å²) in [6.45, 7) is 0.0767. The molecule has 148 valence electrons. The molecular weight excluding hydrogens is 374 g/mol. The Morgan fingerprint density at radius 3 is 2.83 bits per heavy atom. The fraction of sp³-hybridized carbons (Fsp3) is 0.286. The van der Waals surface area contributed by atoms with Crippen LogP contribution in [0.1, 0.15) is 30.0 Å². The van der Waals surface area contributed by atoms with Crippen LogP contribution in [-0.2, 0) is 17.8 Å². The van der Waals surface area contributed by atoms with E-state index in [9.17, 15) is 14.4 Å². The molecule has 0 saturated heterocycles. The molecule has 0 fully saturated rings. The van der Waals surface area contributed by atoms with Crippen LogP contribution in [0.2, 0.25) is 0 Å². The Balaban J connectivity index is 1.34. The van der Waals surface area contributed by atoms with Crippen molar-refractivity contribution in [1.29, 1.82) is 0 Å². The topological polar surface area (TPSA) is 102 Å². The van der Waals surface area contributed by atoms with Crippen molar-refractivity contribution in [2.75, 3.05) is 6.79 Å². The summed E-state index contributed by atoms with van der Waals surface area (Å²) in [6, 6.07) is 11.2. The number of hydrogen-bond donors (Lipinski definition) is 2. The first-order valence-corrected chi connectivity index (χ1v) is 9.54. The van der Waals surface area contributed by atoms with Gasteiger partial charge in [0.2, 0.25) is 12.7 Å². The number of amides is 1. The van der Waals surface area contributed by atoms with Crippen LogP contribution in [0.4, 0.5) is 0 Å². The third kappa shape index (κ3) is 3.06. The van der Waals surface area contributed by atoms with Gasteiger partial charge in [-0.3, -0.25) is 14.2 Å². The second-order valence-electron chi connectivity index (χ2n) is 7.25. The minimum atomic E-state index is -0.555. The smallest absolute Gasteiger partial charge is 0.328 e. The molecule has 2 N–H and O–H groups in total. The monoisotopic (exact) mass is 393 g/mol. The summed E-state index contributed by atoms with van der Waals surface area (Å²) in [5.74, 6) is 0.760. The summed E-state index contributed by atoms with van der Waals surface area (Å²) in [6.07, 6.45) is 1.83. The third-order valence-electron chi connectivity index (χ3n) is 5.51. The van der Waals surface area contributed by atoms with Gasteiger partial charge >= 0.3 is 5.69 Å². The molecular formula is C21H19N3O5. The maximum atomic E-state index is 12.8. The number of aromatic nitrogens is 2. The first-order chi connectivity index (χ1) is 14.1. The summed E-state index contributed by atoms with van der Waals surface area (Å²) in [5.41, 5.74) is 1.75. The first kappa shape index (κ1) is 17.5. The highest BCUT2D eigenvalue weighted by Crippen LogP contribution is 2.34. The molecule has 1 atom stereocenters. The molecule has 0 radical (unpaired) electrons. The van der Waals surface area contributed by atoms with Crippen LogP contribution in [0.5, 0.6) is 11.5 Å². The molecule has 3 aromatic rings. The van der Waals surface area contributed by atoms with Gasteiger partial charge in [0.05, 0.1) is 16.9 Å². The number of aromatic amines is 1. The zero-order valence-electron chi connectivity index (χ0n) is 15.6. The maximum absolute atomic E-state index is 12.8. The highest BCUT2D eigenvalue weighted by molar-refractivity contribution is 5.82. The van der Waals surface area contributed by atoms with Gasteiger partial charge in [0.15, 0.2) is 11.5 Å². The second kappa shape index (κ2) is 6.80. The quantitative estimate of drug-likeness (QED) is 0.701. The van der Waals surface area contributed by atoms with Crippen LogP contribution in [0.3, 0.4) is 0 Å². The van der Waals surface area contributed by atoms with E-state index in [1.165, 1.54) is 5.56 Å². The fourth-order valence-corrected chi connectivity index (χ4v) is 4.03. The van der Waals surface area contributed by atoms with E-state index in [1.807, 2.05) is 18.2 Å². The number of benzene rings is 2. The van der Waals surface area contributed by atoms with E-state index in [0.717, 1.165) is 23.0 Å². The standard InChI is InChI=1S/C21H19N3O5/c25-19(22-15-6-5-12-3-1-2-4-13(12)15)7-8-24-20(26)14-9-17-18(29-11-28-17)10-16(14)23-21(24)27/h1-4,9-10,15H,5-8,11H2,(H,22,25)(H,23,27)/t15-/m1/s1. The minimum absolute atomic E-state index is 0.00124. The molecule has 2 heterocycles. The Hall–Kier alpha value is -3.55. The zero-order chi connectivity index (χ0) is 20.0. The average molecular weight is 393 g/mol. The number of H-pyrrole nitrogens is 1. The lowest BCUT2D eigenvalue weighted by atomic mass is 10.1. The number of nitrogens with zero attached hydrogens (tertiary/aromatic N) is 1. The number of aryl methyl sites for hydroxylation is 1. The highest BCUT2D eigenvalue weighted by Gasteiger charge is 2.23. The molecule has 0 bridgehead atoms. The van der Waals surface area contributed by atoms with Crippen molar-refractivity contribution in [1.82, 2.24) is 14.9 Å². The van der Waals surface area contributed by atoms with Crippen LogP contribution in [-0.4, -0.2) is 22.3 Å². The normalized spacial score (nSPS) is 16.8. The molecule has 1 aromatic heterocycles. The molecule has 0 saturated carbocycles. The van der Waals surface area contributed by atoms with Gasteiger partial charge < -0.3 is 19.8 Å². The molecule has 0 spiro atoms. The second-order valence-corrected chi connectivity index (χ2v) is 7.25. The summed E-state index contributed by atoms with van der Waals surface area (Å²) < 4.78 is 11.6. The third-order valence-corrected chi connectivity index (χ3v) is 5.51. The molecule has 5 rings (SSSR count). The first-order valence-electron chi connectivity index (χ1n) is 9.54. The van der Waals surface area contributed by atoms with E-state index in [4.69, 9.17) is 9.47 Å². The Labute approximate surface area is 165 Å². The van der Waals surface area contributed by atoms with E-state index in [2.05, 4.69) is 16.4 Å². The molecule has 2 aromatic carbocycles. The van der Waals surface area contributed by atoms with Crippen molar-refractivity contribution in [2.45, 2.75) is 31.8 Å². The van der Waals surface area contributed by atoms with Gasteiger partial charge in [-0.25, -0.2) is 4.79 Å². The minimum Gasteiger partial charge on any atom is -0.454 e. The molecule has 1 aliphatic heterocycles. The van der Waals surface area contributed by atoms with Crippen LogP contribution in [0.25, 0.3) is 10.9 Å². The lowest BCUT2D eigenvalue weighted by molar-refractivity contribution is -0.122. The predicted octanol–water partition coefficient (Wildman–Crippen LogP) is 1.61. The van der Waals surface area contributed by atoms with Gasteiger partial charge in [0, 0.05) is 19.0 Å². The van der Waals surface area contributed by atoms with E-state index in [-0.39, 0.29) is 31.7 Å². The van der Waals surface area contributed by atoms with E-state index < -0.39 is 11.2 Å². The number of hydrogen-bond acceptors (Lipinski definition) is 5. The van der Waals surface area contributed by atoms with Crippen LogP contribution in [0, 0.1) is 0 Å². The van der Waals surface area contributed by atoms with Crippen LogP contribution in [0.15, 0.2) is 46.0 Å². The largest absolute Gasteiger partial charge is 0.454 e. The zero-order valence-corrected chi connectivity index (χ0v) is 15.6. The van der Waals surface area contributed by atoms with Gasteiger partial charge in [-0.2, -0.15) is 0 Å². The van der Waals surface area contributed by atoms with Crippen molar-refractivity contribution in [2.24, 2.45) is 0 Å². The Kier molecular flexibility index (Phi) is 4.12. The van der Waals surface area contributed by atoms with Crippen molar-refractivity contribution in [3.05, 3.63) is 68.4 Å². The van der Waals surface area contributed by atoms with Gasteiger partial charge in [-0.1, -0.05) is 24.3 Å². The molecule has 2 aliphatic rings. The van der Waals surface area contributed by atoms with E-state index in [1.54, 1.807) is 12.1 Å². The number of ether oxygens (including phenoxy) is 2. The van der Waals surface area contributed by atoms with Gasteiger partial charge in [-0.15, -0.1) is 0 Å². The number of fused-ring (bicyclic) bond motifs is 3. The van der Waals surface area contributed by atoms with Gasteiger partial charge in [-0.05, 0) is 30.0 Å². The van der Waals surface area contributed by atoms with Crippen LogP contribution < -0.4 is 26.0 Å². The molecule has 8 heteroatoms. The van der Waals surface area contributed by atoms with Crippen LogP contribution >= 0.6 is 0 Å². The molecule has 1 aliphatic carbocycles. The number of carbonyl (C=O) groups is 1. The number of nitrogens with one attached hydrogen (secondary N) is 2. The van der Waals surface area contributed by atoms with Crippen molar-refractivity contribution < 1.29 is 14.3 Å². The predicted molar refractivity (Wildman–Crippen MR) is 105 cm³/mol. The SMILES string of the molecule is O=C(CCn1c(=O)[nH]c2cc3c(cc2c1=O)OCO3)N[C@@H]1CCc2ccccc21. The lowest BCUT2D eigenvalue weighted by Gasteiger charge is -2.14. The summed E-state index contributed by atoms with van der Waals surface area (Å²) in [4.78, 5) is 40.3. The fourth-order valence-electron chi connectivity index (χ4n) is 4.03. The summed E-state index contributed by atoms with van der Waals surface area (Å²) >= 11 is 0. The summed E-state index contributed by atoms with van der Waals surface area (Å²) in [7, 11) is 0.